The van der Waals surface area contributed by atoms with E-state index in [9.17, 15) is 33.9 Å². The molecule has 2 saturated heterocycles. The molecular formula is C44H49ClN10O9. The van der Waals surface area contributed by atoms with E-state index >= 15 is 0 Å². The fourth-order valence-corrected chi connectivity index (χ4v) is 7.80. The van der Waals surface area contributed by atoms with Crippen molar-refractivity contribution in [1.29, 1.82) is 0 Å². The number of carbonyl (C=O) groups is 6. The Morgan fingerprint density at radius 3 is 2.23 bits per heavy atom. The quantitative estimate of drug-likeness (QED) is 0.118. The lowest BCUT2D eigenvalue weighted by Gasteiger charge is -2.38. The number of anilines is 3. The minimum atomic E-state index is -1.23. The van der Waals surface area contributed by atoms with Crippen LogP contribution < -0.4 is 15.5 Å². The predicted molar refractivity (Wildman–Crippen MR) is 235 cm³/mol. The maximum absolute atomic E-state index is 14.5. The number of aliphatic hydroxyl groups excluding tert-OH is 1. The van der Waals surface area contributed by atoms with E-state index in [1.165, 1.54) is 32.9 Å². The Morgan fingerprint density at radius 1 is 0.844 bits per heavy atom. The number of amides is 5. The van der Waals surface area contributed by atoms with Gasteiger partial charge in [0.2, 0.25) is 5.91 Å². The Balaban J connectivity index is 1.19. The highest BCUT2D eigenvalue weighted by molar-refractivity contribution is 6.41. The number of ether oxygens (including phenoxy) is 2. The van der Waals surface area contributed by atoms with Gasteiger partial charge in [0.25, 0.3) is 0 Å². The van der Waals surface area contributed by atoms with E-state index in [0.717, 1.165) is 11.0 Å². The molecule has 2 atom stereocenters. The van der Waals surface area contributed by atoms with Gasteiger partial charge in [0, 0.05) is 47.8 Å². The van der Waals surface area contributed by atoms with Crippen molar-refractivity contribution in [2.45, 2.75) is 84.1 Å². The predicted octanol–water partition coefficient (Wildman–Crippen LogP) is 5.42. The molecule has 0 spiro atoms. The Kier molecular flexibility index (Phi) is 12.8. The van der Waals surface area contributed by atoms with Crippen LogP contribution in [0.4, 0.5) is 26.7 Å². The van der Waals surface area contributed by atoms with Crippen LogP contribution in [0.25, 0.3) is 16.6 Å². The van der Waals surface area contributed by atoms with Gasteiger partial charge in [-0.05, 0) is 125 Å². The number of nitrogens with one attached hydrogen (secondary N) is 2. The second kappa shape index (κ2) is 18.1. The van der Waals surface area contributed by atoms with Crippen molar-refractivity contribution in [3.05, 3.63) is 89.3 Å². The molecule has 2 aliphatic heterocycles. The molecule has 2 unspecified atom stereocenters. The molecule has 64 heavy (non-hydrogen) atoms. The SMILES string of the molecule is CC(C)(C)OC(=O)c1cc2cc(NC(=O)C(Cc3ccc(NC(=O)N4CCCC4CO)cc3)N3CCN(c4cc(Cl)ccc4-n4cnnn4)C(=O)C3=O)ccc2n1C(=O)OC(C)(C)C. The van der Waals surface area contributed by atoms with Gasteiger partial charge in [0.1, 0.15) is 29.3 Å². The maximum atomic E-state index is 14.5. The third kappa shape index (κ3) is 10.00. The molecule has 19 nitrogen and oxygen atoms in total. The smallest absolute Gasteiger partial charge is 0.419 e. The van der Waals surface area contributed by atoms with Crippen LogP contribution in [0.15, 0.2) is 73.1 Å². The number of carbonyl (C=O) groups excluding carboxylic acids is 6. The number of esters is 1. The van der Waals surface area contributed by atoms with E-state index in [1.807, 2.05) is 0 Å². The first-order chi connectivity index (χ1) is 30.3. The normalized spacial score (nSPS) is 16.2. The number of fused-ring (bicyclic) bond motifs is 1. The molecular weight excluding hydrogens is 848 g/mol. The minimum absolute atomic E-state index is 0.0162. The summed E-state index contributed by atoms with van der Waals surface area (Å²) in [4.78, 5) is 86.7. The van der Waals surface area contributed by atoms with Crippen molar-refractivity contribution >= 4 is 75.4 Å². The summed E-state index contributed by atoms with van der Waals surface area (Å²) in [6.07, 6.45) is 2.00. The number of urea groups is 1. The minimum Gasteiger partial charge on any atom is -0.455 e. The average Bonchev–Trinajstić information content (AvgIpc) is 4.01. The van der Waals surface area contributed by atoms with Gasteiger partial charge in [-0.3, -0.25) is 14.4 Å². The van der Waals surface area contributed by atoms with Gasteiger partial charge in [0.05, 0.1) is 29.5 Å². The highest BCUT2D eigenvalue weighted by atomic mass is 35.5. The second-order valence-electron chi connectivity index (χ2n) is 17.5. The molecule has 5 aromatic rings. The van der Waals surface area contributed by atoms with Crippen LogP contribution >= 0.6 is 11.6 Å². The van der Waals surface area contributed by atoms with E-state index in [4.69, 9.17) is 21.1 Å². The van der Waals surface area contributed by atoms with E-state index in [0.29, 0.717) is 45.8 Å². The number of tetrazole rings is 1. The Labute approximate surface area is 373 Å². The molecule has 336 valence electrons. The summed E-state index contributed by atoms with van der Waals surface area (Å²) in [6.45, 7) is 10.5. The first-order valence-corrected chi connectivity index (χ1v) is 21.0. The van der Waals surface area contributed by atoms with E-state index in [2.05, 4.69) is 26.2 Å². The average molecular weight is 897 g/mol. The molecule has 2 aromatic heterocycles. The Morgan fingerprint density at radius 2 is 1.56 bits per heavy atom. The van der Waals surface area contributed by atoms with Crippen LogP contribution in [-0.4, -0.2) is 125 Å². The number of aliphatic hydroxyl groups is 1. The molecule has 4 heterocycles. The van der Waals surface area contributed by atoms with E-state index < -0.39 is 47.0 Å². The molecule has 2 fully saturated rings. The highest BCUT2D eigenvalue weighted by Crippen LogP contribution is 2.31. The summed E-state index contributed by atoms with van der Waals surface area (Å²) in [6, 6.07) is 15.8. The largest absolute Gasteiger partial charge is 0.455 e. The van der Waals surface area contributed by atoms with Gasteiger partial charge < -0.3 is 39.9 Å². The molecule has 20 heteroatoms. The van der Waals surface area contributed by atoms with Crippen molar-refractivity contribution in [2.24, 2.45) is 0 Å². The standard InChI is InChI=1S/C44H49ClN10O9/c1-43(2,3)63-40(60)36-22-27-21-30(14-16-32(27)55(36)42(62)64-44(4,5)6)47-37(57)35(20-26-9-12-29(13-10-26)48-41(61)51-17-7-8-31(51)24-56)53-19-18-52(38(58)39(53)59)34-23-28(45)11-15-33(34)54-25-46-49-50-54/h9-16,21-23,25,31,35,56H,7-8,17-20,24H2,1-6H3,(H,47,57)(H,48,61). The third-order valence-corrected chi connectivity index (χ3v) is 10.7. The molecule has 3 aromatic carbocycles. The second-order valence-corrected chi connectivity index (χ2v) is 17.9. The molecule has 7 rings (SSSR count). The molecule has 0 bridgehead atoms. The highest BCUT2D eigenvalue weighted by Gasteiger charge is 2.41. The summed E-state index contributed by atoms with van der Waals surface area (Å²) in [5.74, 6) is -3.26. The Hall–Kier alpha value is -6.86. The summed E-state index contributed by atoms with van der Waals surface area (Å²) >= 11 is 6.35. The van der Waals surface area contributed by atoms with Crippen molar-refractivity contribution in [3.8, 4) is 5.69 Å². The number of hydrogen-bond acceptors (Lipinski definition) is 12. The lowest BCUT2D eigenvalue weighted by Crippen LogP contribution is -2.60. The van der Waals surface area contributed by atoms with Crippen LogP contribution in [0.2, 0.25) is 5.02 Å². The third-order valence-electron chi connectivity index (χ3n) is 10.5. The van der Waals surface area contributed by atoms with Gasteiger partial charge >= 0.3 is 29.9 Å². The number of piperazine rings is 1. The topological polar surface area (TPSA) is 223 Å². The summed E-state index contributed by atoms with van der Waals surface area (Å²) < 4.78 is 13.7. The first kappa shape index (κ1) is 45.2. The van der Waals surface area contributed by atoms with E-state index in [1.54, 1.807) is 101 Å². The number of rotatable bonds is 10. The number of likely N-dealkylation sites (tertiary alicyclic amines) is 1. The molecule has 5 amide bonds. The molecule has 2 aliphatic rings. The maximum Gasteiger partial charge on any atom is 0.419 e. The lowest BCUT2D eigenvalue weighted by molar-refractivity contribution is -0.149. The number of hydrogen-bond donors (Lipinski definition) is 3. The summed E-state index contributed by atoms with van der Waals surface area (Å²) in [5, 5.41) is 27.4. The van der Waals surface area contributed by atoms with Crippen molar-refractivity contribution < 1.29 is 43.3 Å². The summed E-state index contributed by atoms with van der Waals surface area (Å²) in [7, 11) is 0. The van der Waals surface area contributed by atoms with Crippen LogP contribution in [0.3, 0.4) is 0 Å². The van der Waals surface area contributed by atoms with Crippen molar-refractivity contribution in [1.82, 2.24) is 34.6 Å². The molecule has 0 saturated carbocycles. The molecule has 3 N–H and O–H groups in total. The van der Waals surface area contributed by atoms with Crippen molar-refractivity contribution in [2.75, 3.05) is 41.8 Å². The first-order valence-electron chi connectivity index (χ1n) is 20.7. The number of benzene rings is 3. The molecule has 0 aliphatic carbocycles. The molecule has 0 radical (unpaired) electrons. The lowest BCUT2D eigenvalue weighted by atomic mass is 10.0. The summed E-state index contributed by atoms with van der Waals surface area (Å²) in [5.41, 5.74) is 0.508. The van der Waals surface area contributed by atoms with Gasteiger partial charge in [-0.1, -0.05) is 23.7 Å². The zero-order valence-corrected chi connectivity index (χ0v) is 37.0. The van der Waals surface area contributed by atoms with Crippen molar-refractivity contribution in [3.63, 3.8) is 0 Å². The zero-order chi connectivity index (χ0) is 46.1. The number of nitrogens with zero attached hydrogens (tertiary/aromatic N) is 8. The van der Waals surface area contributed by atoms with Crippen LogP contribution in [0.5, 0.6) is 0 Å². The van der Waals surface area contributed by atoms with Gasteiger partial charge in [0.15, 0.2) is 0 Å². The number of aromatic nitrogens is 5. The fraction of sp³-hybridized carbons (Fsp3) is 0.386. The van der Waals surface area contributed by atoms with E-state index in [-0.39, 0.29) is 55.3 Å². The Bertz CT molecular complexity index is 2600. The fourth-order valence-electron chi connectivity index (χ4n) is 7.64. The zero-order valence-electron chi connectivity index (χ0n) is 36.2. The van der Waals surface area contributed by atoms with Gasteiger partial charge in [-0.2, -0.15) is 4.68 Å². The van der Waals surface area contributed by atoms with Crippen LogP contribution in [0.1, 0.15) is 70.4 Å². The van der Waals surface area contributed by atoms with Crippen LogP contribution in [-0.2, 0) is 30.3 Å². The van der Waals surface area contributed by atoms with Crippen LogP contribution in [0, 0.1) is 0 Å². The van der Waals surface area contributed by atoms with Gasteiger partial charge in [-0.15, -0.1) is 5.10 Å². The monoisotopic (exact) mass is 896 g/mol. The van der Waals surface area contributed by atoms with Gasteiger partial charge in [-0.25, -0.2) is 19.0 Å². The number of halogens is 1.